The third-order valence-corrected chi connectivity index (χ3v) is 4.69. The number of nitrogen functional groups attached to an aromatic ring is 1. The lowest BCUT2D eigenvalue weighted by atomic mass is 10.1. The molecule has 0 aliphatic rings. The largest absolute Gasteiger partial charge is 0.868 e. The molecule has 180 valence electrons. The summed E-state index contributed by atoms with van der Waals surface area (Å²) in [6.45, 7) is 10.4. The van der Waals surface area contributed by atoms with Crippen LogP contribution in [0.1, 0.15) is 50.9 Å². The van der Waals surface area contributed by atoms with Gasteiger partial charge in [-0.05, 0) is 30.4 Å². The van der Waals surface area contributed by atoms with Crippen LogP contribution in [0.2, 0.25) is 0 Å². The highest BCUT2D eigenvalue weighted by atomic mass is 16.6. The van der Waals surface area contributed by atoms with Gasteiger partial charge in [0.2, 0.25) is 0 Å². The molecule has 1 aromatic carbocycles. The van der Waals surface area contributed by atoms with E-state index in [1.165, 1.54) is 4.68 Å². The predicted molar refractivity (Wildman–Crippen MR) is 121 cm³/mol. The molecule has 1 aromatic heterocycles. The number of carbonyl (C=O) groups excluding carboxylic acids is 1. The van der Waals surface area contributed by atoms with Crippen LogP contribution in [0.25, 0.3) is 0 Å². The number of hydrogen-bond acceptors (Lipinski definition) is 7. The van der Waals surface area contributed by atoms with Gasteiger partial charge in [-0.3, -0.25) is 25.0 Å². The van der Waals surface area contributed by atoms with Gasteiger partial charge in [0, 0.05) is 31.3 Å². The van der Waals surface area contributed by atoms with E-state index < -0.39 is 27.0 Å². The Morgan fingerprint density at radius 1 is 0.970 bits per heavy atom. The van der Waals surface area contributed by atoms with Crippen LogP contribution in [0.4, 0.5) is 11.4 Å². The second-order valence-electron chi connectivity index (χ2n) is 8.36. The molecule has 2 aromatic rings. The first-order valence-electron chi connectivity index (χ1n) is 10.6. The van der Waals surface area contributed by atoms with Crippen molar-refractivity contribution < 1.29 is 24.4 Å². The molecular weight excluding hydrogens is 430 g/mol. The fourth-order valence-electron chi connectivity index (χ4n) is 2.67. The van der Waals surface area contributed by atoms with Crippen LogP contribution >= 0.6 is 0 Å². The van der Waals surface area contributed by atoms with Crippen molar-refractivity contribution in [3.8, 4) is 5.75 Å². The zero-order valence-corrected chi connectivity index (χ0v) is 19.3. The molecule has 11 nitrogen and oxygen atoms in total. The Labute approximate surface area is 192 Å². The smallest absolute Gasteiger partial charge is 0.276 e. The minimum Gasteiger partial charge on any atom is -0.868 e. The van der Waals surface area contributed by atoms with Crippen molar-refractivity contribution in [1.29, 1.82) is 0 Å². The minimum absolute atomic E-state index is 0.104. The lowest BCUT2D eigenvalue weighted by molar-refractivity contribution is -0.638. The summed E-state index contributed by atoms with van der Waals surface area (Å²) < 4.78 is 1.45. The van der Waals surface area contributed by atoms with Gasteiger partial charge in [0.05, 0.1) is 21.5 Å². The van der Waals surface area contributed by atoms with Crippen molar-refractivity contribution in [3.05, 3.63) is 68.5 Å². The van der Waals surface area contributed by atoms with Crippen molar-refractivity contribution in [2.45, 2.75) is 40.5 Å². The summed E-state index contributed by atoms with van der Waals surface area (Å²) >= 11 is 0. The van der Waals surface area contributed by atoms with Gasteiger partial charge in [-0.25, -0.2) is 5.84 Å². The maximum absolute atomic E-state index is 12.6. The summed E-state index contributed by atoms with van der Waals surface area (Å²) in [5.74, 6) is 6.06. The summed E-state index contributed by atoms with van der Waals surface area (Å²) in [6, 6.07) is 5.92. The first-order valence-corrected chi connectivity index (χ1v) is 10.6. The van der Waals surface area contributed by atoms with E-state index in [2.05, 4.69) is 27.7 Å². The van der Waals surface area contributed by atoms with Gasteiger partial charge >= 0.3 is 0 Å². The third-order valence-electron chi connectivity index (χ3n) is 4.69. The van der Waals surface area contributed by atoms with Crippen LogP contribution < -0.4 is 15.6 Å². The second kappa shape index (κ2) is 12.9. The van der Waals surface area contributed by atoms with E-state index in [1.807, 2.05) is 4.90 Å². The van der Waals surface area contributed by atoms with Crippen molar-refractivity contribution in [1.82, 2.24) is 4.90 Å². The first-order chi connectivity index (χ1) is 15.4. The molecule has 0 unspecified atom stereocenters. The van der Waals surface area contributed by atoms with Crippen LogP contribution in [0.3, 0.4) is 0 Å². The van der Waals surface area contributed by atoms with Gasteiger partial charge in [-0.1, -0.05) is 38.4 Å². The van der Waals surface area contributed by atoms with Crippen LogP contribution in [-0.4, -0.2) is 33.7 Å². The van der Waals surface area contributed by atoms with Crippen LogP contribution in [0, 0.1) is 32.1 Å². The first kappa shape index (κ1) is 27.3. The lowest BCUT2D eigenvalue weighted by Gasteiger charge is -2.24. The number of rotatable bonds is 9. The summed E-state index contributed by atoms with van der Waals surface area (Å²) in [7, 11) is 0. The maximum Gasteiger partial charge on any atom is 0.276 e. The Morgan fingerprint density at radius 3 is 1.91 bits per heavy atom. The number of aromatic nitrogens is 1. The number of nitro benzene ring substituents is 2. The van der Waals surface area contributed by atoms with E-state index in [-0.39, 0.29) is 5.91 Å². The zero-order chi connectivity index (χ0) is 25.1. The average Bonchev–Trinajstić information content (AvgIpc) is 2.74. The van der Waals surface area contributed by atoms with Crippen LogP contribution in [0.15, 0.2) is 42.7 Å². The van der Waals surface area contributed by atoms with Crippen molar-refractivity contribution >= 4 is 17.3 Å². The van der Waals surface area contributed by atoms with E-state index in [0.29, 0.717) is 23.5 Å². The van der Waals surface area contributed by atoms with E-state index in [9.17, 15) is 30.1 Å². The maximum atomic E-state index is 12.6. The number of nitrogens with two attached hydrogens (primary N) is 1. The second-order valence-corrected chi connectivity index (χ2v) is 8.36. The Morgan fingerprint density at radius 2 is 1.48 bits per heavy atom. The molecule has 1 amide bonds. The summed E-state index contributed by atoms with van der Waals surface area (Å²) in [5, 5.41) is 31.1. The number of nitrogens with zero attached hydrogens (tertiary/aromatic N) is 4. The quantitative estimate of drug-likeness (QED) is 0.260. The Balaban J connectivity index is 0.000000361. The van der Waals surface area contributed by atoms with Gasteiger partial charge in [0.15, 0.2) is 12.4 Å². The summed E-state index contributed by atoms with van der Waals surface area (Å²) in [4.78, 5) is 33.1. The topological polar surface area (TPSA) is 160 Å². The van der Waals surface area contributed by atoms with Gasteiger partial charge in [0.1, 0.15) is 0 Å². The molecule has 2 rings (SSSR count). The fourth-order valence-corrected chi connectivity index (χ4v) is 2.67. The van der Waals surface area contributed by atoms with Gasteiger partial charge in [-0.15, -0.1) is 0 Å². The molecule has 2 N–H and O–H groups in total. The number of amides is 1. The molecule has 0 aliphatic heterocycles. The molecule has 0 atom stereocenters. The standard InChI is InChI=1S/C16H27N3O.C6H4N2O5/c1-13(2)5-9-18(10-6-14(3)4)16(20)15-7-11-19(17)12-8-15;9-6-2-1-4(7(10)11)3-5(6)8(12)13/h7-8,11-14H,5-6,9-10H2,1-4H3,(H-,17,20);1-3,9H. The number of pyridine rings is 1. The van der Waals surface area contributed by atoms with Crippen LogP contribution in [0.5, 0.6) is 5.75 Å². The number of hydrogen-bond donors (Lipinski definition) is 1. The molecule has 0 saturated carbocycles. The monoisotopic (exact) mass is 461 g/mol. The van der Waals surface area contributed by atoms with Crippen molar-refractivity contribution in [2.24, 2.45) is 11.8 Å². The highest BCUT2D eigenvalue weighted by Gasteiger charge is 2.17. The Hall–Kier alpha value is -3.76. The molecule has 0 fully saturated rings. The Kier molecular flexibility index (Phi) is 10.7. The van der Waals surface area contributed by atoms with E-state index >= 15 is 0 Å². The van der Waals surface area contributed by atoms with Crippen molar-refractivity contribution in [2.75, 3.05) is 18.9 Å². The van der Waals surface area contributed by atoms with E-state index in [4.69, 9.17) is 5.84 Å². The molecule has 1 heterocycles. The highest BCUT2D eigenvalue weighted by Crippen LogP contribution is 2.27. The fraction of sp³-hybridized carbons (Fsp3) is 0.455. The van der Waals surface area contributed by atoms with Gasteiger partial charge in [-0.2, -0.15) is 0 Å². The third kappa shape index (κ3) is 9.50. The highest BCUT2D eigenvalue weighted by molar-refractivity contribution is 5.93. The molecule has 0 radical (unpaired) electrons. The molecule has 0 spiro atoms. The van der Waals surface area contributed by atoms with Gasteiger partial charge < -0.3 is 10.0 Å². The summed E-state index contributed by atoms with van der Waals surface area (Å²) in [6.07, 6.45) is 5.48. The molecule has 0 bridgehead atoms. The minimum atomic E-state index is -0.949. The van der Waals surface area contributed by atoms with E-state index in [1.54, 1.807) is 24.5 Å². The molecule has 11 heteroatoms. The Bertz CT molecular complexity index is 935. The number of carbonyl (C=O) groups is 1. The SMILES string of the molecule is CC(C)CCN(CCC(C)C)C(=O)c1cc[n+](N)cc1.O=[N+]([O-])c1ccc([O-])c([N+](=O)[O-])c1. The predicted octanol–water partition coefficient (Wildman–Crippen LogP) is 2.80. The molecular formula is C22H31N5O6. The molecule has 33 heavy (non-hydrogen) atoms. The number of nitro groups is 2. The zero-order valence-electron chi connectivity index (χ0n) is 19.3. The lowest BCUT2D eigenvalue weighted by Crippen LogP contribution is -2.43. The van der Waals surface area contributed by atoms with Crippen LogP contribution in [-0.2, 0) is 0 Å². The average molecular weight is 462 g/mol. The molecule has 0 aliphatic carbocycles. The summed E-state index contributed by atoms with van der Waals surface area (Å²) in [5.41, 5.74) is -0.542. The normalized spacial score (nSPS) is 10.5. The van der Waals surface area contributed by atoms with Crippen molar-refractivity contribution in [3.63, 3.8) is 0 Å². The number of benzene rings is 1. The molecule has 0 saturated heterocycles. The van der Waals surface area contributed by atoms with Gasteiger partial charge in [0.25, 0.3) is 17.3 Å². The van der Waals surface area contributed by atoms with E-state index in [0.717, 1.165) is 38.1 Å². The number of non-ortho nitro benzene ring substituents is 1.